The van der Waals surface area contributed by atoms with Crippen LogP contribution in [0.15, 0.2) is 24.3 Å². The van der Waals surface area contributed by atoms with E-state index in [0.29, 0.717) is 24.7 Å². The summed E-state index contributed by atoms with van der Waals surface area (Å²) in [5, 5.41) is 12.3. The molecule has 1 aliphatic heterocycles. The van der Waals surface area contributed by atoms with Crippen molar-refractivity contribution in [2.75, 3.05) is 38.5 Å². The Labute approximate surface area is 143 Å². The Morgan fingerprint density at radius 2 is 1.71 bits per heavy atom. The SMILES string of the molecule is CC(C)c1ccc(NC(=O)C[C@@H](C(=O)O)N2CCN(C)CC2)cc1. The highest BCUT2D eigenvalue weighted by atomic mass is 16.4. The number of aliphatic carboxylic acids is 1. The highest BCUT2D eigenvalue weighted by Gasteiger charge is 2.30. The highest BCUT2D eigenvalue weighted by molar-refractivity contribution is 5.94. The molecule has 24 heavy (non-hydrogen) atoms. The zero-order valence-electron chi connectivity index (χ0n) is 14.7. The van der Waals surface area contributed by atoms with E-state index >= 15 is 0 Å². The molecule has 0 aromatic heterocycles. The van der Waals surface area contributed by atoms with Gasteiger partial charge < -0.3 is 15.3 Å². The van der Waals surface area contributed by atoms with Crippen LogP contribution in [0.2, 0.25) is 0 Å². The molecule has 1 amide bonds. The largest absolute Gasteiger partial charge is 0.480 e. The molecule has 132 valence electrons. The molecule has 0 bridgehead atoms. The average molecular weight is 333 g/mol. The van der Waals surface area contributed by atoms with E-state index in [1.54, 1.807) is 0 Å². The molecule has 1 aliphatic rings. The number of anilines is 1. The molecule has 1 atom stereocenters. The van der Waals surface area contributed by atoms with Crippen LogP contribution in [0.5, 0.6) is 0 Å². The van der Waals surface area contributed by atoms with Gasteiger partial charge in [-0.2, -0.15) is 0 Å². The maximum atomic E-state index is 12.2. The van der Waals surface area contributed by atoms with Crippen LogP contribution >= 0.6 is 0 Å². The number of piperazine rings is 1. The number of likely N-dealkylation sites (N-methyl/N-ethyl adjacent to an activating group) is 1. The van der Waals surface area contributed by atoms with Gasteiger partial charge in [-0.3, -0.25) is 14.5 Å². The maximum absolute atomic E-state index is 12.2. The molecule has 1 saturated heterocycles. The molecule has 6 nitrogen and oxygen atoms in total. The van der Waals surface area contributed by atoms with E-state index in [1.807, 2.05) is 36.2 Å². The van der Waals surface area contributed by atoms with Gasteiger partial charge in [0.2, 0.25) is 5.91 Å². The van der Waals surface area contributed by atoms with Gasteiger partial charge in [0.15, 0.2) is 0 Å². The van der Waals surface area contributed by atoms with Gasteiger partial charge in [-0.25, -0.2) is 0 Å². The van der Waals surface area contributed by atoms with E-state index in [9.17, 15) is 14.7 Å². The van der Waals surface area contributed by atoms with Crippen molar-refractivity contribution < 1.29 is 14.7 Å². The second kappa shape index (κ2) is 8.26. The number of benzene rings is 1. The first-order valence-electron chi connectivity index (χ1n) is 8.42. The van der Waals surface area contributed by atoms with Gasteiger partial charge in [-0.1, -0.05) is 26.0 Å². The summed E-state index contributed by atoms with van der Waals surface area (Å²) in [7, 11) is 2.01. The molecular weight excluding hydrogens is 306 g/mol. The first-order chi connectivity index (χ1) is 11.4. The Morgan fingerprint density at radius 1 is 1.12 bits per heavy atom. The second-order valence-electron chi connectivity index (χ2n) is 6.72. The molecule has 2 rings (SSSR count). The summed E-state index contributed by atoms with van der Waals surface area (Å²) in [6, 6.07) is 6.91. The fourth-order valence-corrected chi connectivity index (χ4v) is 2.85. The van der Waals surface area contributed by atoms with Crippen LogP contribution in [0.4, 0.5) is 5.69 Å². The number of carboxylic acids is 1. The van der Waals surface area contributed by atoms with Gasteiger partial charge in [0.1, 0.15) is 6.04 Å². The van der Waals surface area contributed by atoms with E-state index in [-0.39, 0.29) is 12.3 Å². The lowest BCUT2D eigenvalue weighted by molar-refractivity contribution is -0.145. The normalized spacial score (nSPS) is 17.7. The average Bonchev–Trinajstić information content (AvgIpc) is 2.54. The van der Waals surface area contributed by atoms with Crippen LogP contribution in [0.1, 0.15) is 31.7 Å². The standard InChI is InChI=1S/C18H27N3O3/c1-13(2)14-4-6-15(7-5-14)19-17(22)12-16(18(23)24)21-10-8-20(3)9-11-21/h4-7,13,16H,8-12H2,1-3H3,(H,19,22)(H,23,24)/t16-/m0/s1. The maximum Gasteiger partial charge on any atom is 0.321 e. The summed E-state index contributed by atoms with van der Waals surface area (Å²) in [6.07, 6.45) is -0.0367. The van der Waals surface area contributed by atoms with Crippen LogP contribution < -0.4 is 5.32 Å². The van der Waals surface area contributed by atoms with Gasteiger partial charge in [-0.15, -0.1) is 0 Å². The first-order valence-corrected chi connectivity index (χ1v) is 8.42. The number of carbonyl (C=O) groups is 2. The highest BCUT2D eigenvalue weighted by Crippen LogP contribution is 2.18. The van der Waals surface area contributed by atoms with Crippen molar-refractivity contribution in [3.63, 3.8) is 0 Å². The summed E-state index contributed by atoms with van der Waals surface area (Å²) < 4.78 is 0. The smallest absolute Gasteiger partial charge is 0.321 e. The number of carboxylic acid groups (broad SMARTS) is 1. The Balaban J connectivity index is 1.94. The van der Waals surface area contributed by atoms with Crippen molar-refractivity contribution in [3.05, 3.63) is 29.8 Å². The molecular formula is C18H27N3O3. The van der Waals surface area contributed by atoms with Gasteiger partial charge in [0.05, 0.1) is 6.42 Å². The zero-order valence-corrected chi connectivity index (χ0v) is 14.7. The van der Waals surface area contributed by atoms with Crippen LogP contribution in [-0.2, 0) is 9.59 Å². The molecule has 6 heteroatoms. The summed E-state index contributed by atoms with van der Waals surface area (Å²) >= 11 is 0. The number of hydrogen-bond acceptors (Lipinski definition) is 4. The molecule has 0 unspecified atom stereocenters. The summed E-state index contributed by atoms with van der Waals surface area (Å²) in [5.74, 6) is -0.771. The lowest BCUT2D eigenvalue weighted by Crippen LogP contribution is -2.52. The first kappa shape index (κ1) is 18.4. The van der Waals surface area contributed by atoms with Crippen molar-refractivity contribution >= 4 is 17.6 Å². The Bertz CT molecular complexity index is 563. The summed E-state index contributed by atoms with van der Waals surface area (Å²) in [6.45, 7) is 7.21. The van der Waals surface area contributed by atoms with Crippen molar-refractivity contribution in [3.8, 4) is 0 Å². The fourth-order valence-electron chi connectivity index (χ4n) is 2.85. The van der Waals surface area contributed by atoms with Crippen LogP contribution in [-0.4, -0.2) is 66.1 Å². The Hall–Kier alpha value is -1.92. The lowest BCUT2D eigenvalue weighted by Gasteiger charge is -2.35. The van der Waals surface area contributed by atoms with Crippen LogP contribution in [0, 0.1) is 0 Å². The monoisotopic (exact) mass is 333 g/mol. The van der Waals surface area contributed by atoms with Crippen molar-refractivity contribution in [1.82, 2.24) is 9.80 Å². The third-order valence-electron chi connectivity index (χ3n) is 4.50. The van der Waals surface area contributed by atoms with E-state index < -0.39 is 12.0 Å². The van der Waals surface area contributed by atoms with E-state index in [1.165, 1.54) is 5.56 Å². The van der Waals surface area contributed by atoms with Crippen molar-refractivity contribution in [1.29, 1.82) is 0 Å². The predicted molar refractivity (Wildman–Crippen MR) is 94.3 cm³/mol. The minimum Gasteiger partial charge on any atom is -0.480 e. The van der Waals surface area contributed by atoms with E-state index in [0.717, 1.165) is 13.1 Å². The second-order valence-corrected chi connectivity index (χ2v) is 6.72. The molecule has 0 radical (unpaired) electrons. The van der Waals surface area contributed by atoms with Gasteiger partial charge in [0, 0.05) is 31.9 Å². The Kier molecular flexibility index (Phi) is 6.34. The molecule has 1 heterocycles. The topological polar surface area (TPSA) is 72.9 Å². The molecule has 0 saturated carbocycles. The van der Waals surface area contributed by atoms with Gasteiger partial charge >= 0.3 is 5.97 Å². The third-order valence-corrected chi connectivity index (χ3v) is 4.50. The molecule has 0 spiro atoms. The van der Waals surface area contributed by atoms with Crippen LogP contribution in [0.3, 0.4) is 0 Å². The summed E-state index contributed by atoms with van der Waals surface area (Å²) in [4.78, 5) is 27.8. The zero-order chi connectivity index (χ0) is 17.7. The number of nitrogens with zero attached hydrogens (tertiary/aromatic N) is 2. The number of hydrogen-bond donors (Lipinski definition) is 2. The number of nitrogens with one attached hydrogen (secondary N) is 1. The van der Waals surface area contributed by atoms with Crippen LogP contribution in [0.25, 0.3) is 0 Å². The van der Waals surface area contributed by atoms with E-state index in [4.69, 9.17) is 0 Å². The number of rotatable bonds is 6. The quantitative estimate of drug-likeness (QED) is 0.831. The minimum absolute atomic E-state index is 0.0367. The van der Waals surface area contributed by atoms with E-state index in [2.05, 4.69) is 24.1 Å². The number of amides is 1. The molecule has 0 aliphatic carbocycles. The van der Waals surface area contributed by atoms with Gasteiger partial charge in [-0.05, 0) is 30.7 Å². The molecule has 2 N–H and O–H groups in total. The summed E-state index contributed by atoms with van der Waals surface area (Å²) in [5.41, 5.74) is 1.90. The molecule has 1 fully saturated rings. The lowest BCUT2D eigenvalue weighted by atomic mass is 10.0. The third kappa shape index (κ3) is 5.04. The fraction of sp³-hybridized carbons (Fsp3) is 0.556. The molecule has 1 aromatic carbocycles. The van der Waals surface area contributed by atoms with Crippen molar-refractivity contribution in [2.24, 2.45) is 0 Å². The Morgan fingerprint density at radius 3 is 2.21 bits per heavy atom. The van der Waals surface area contributed by atoms with Gasteiger partial charge in [0.25, 0.3) is 0 Å². The molecule has 1 aromatic rings. The van der Waals surface area contributed by atoms with Crippen molar-refractivity contribution in [2.45, 2.75) is 32.2 Å². The minimum atomic E-state index is -0.940. The number of carbonyl (C=O) groups excluding carboxylic acids is 1. The predicted octanol–water partition coefficient (Wildman–Crippen LogP) is 1.84.